The van der Waals surface area contributed by atoms with Gasteiger partial charge in [-0.15, -0.1) is 0 Å². The summed E-state index contributed by atoms with van der Waals surface area (Å²) in [6.07, 6.45) is 4.20. The summed E-state index contributed by atoms with van der Waals surface area (Å²) in [6, 6.07) is 19.1. The molecule has 0 unspecified atom stereocenters. The van der Waals surface area contributed by atoms with Crippen LogP contribution in [-0.2, 0) is 11.8 Å². The zero-order valence-electron chi connectivity index (χ0n) is 20.1. The van der Waals surface area contributed by atoms with E-state index in [-0.39, 0.29) is 17.1 Å². The van der Waals surface area contributed by atoms with Crippen molar-refractivity contribution in [2.75, 3.05) is 13.1 Å². The fourth-order valence-electron chi connectivity index (χ4n) is 6.08. The number of benzene rings is 3. The summed E-state index contributed by atoms with van der Waals surface area (Å²) in [5.74, 6) is 1.50. The molecule has 0 bridgehead atoms. The molecule has 6 nitrogen and oxygen atoms in total. The standard InChI is InChI=1S/C30H27N3O3/c1-3-26(36)33-17-30(18-33)14-22(15-30)29-31-27(20-10-8-19(16-34)9-11-20)28(32(29)2)25-13-23(35)12-21-6-4-5-7-24(21)25/h3-13,16,22,35H,1,14-15,17-18H2,2H3. The van der Waals surface area contributed by atoms with E-state index in [1.165, 1.54) is 6.08 Å². The molecule has 36 heavy (non-hydrogen) atoms. The van der Waals surface area contributed by atoms with Crippen LogP contribution in [0.1, 0.15) is 34.9 Å². The summed E-state index contributed by atoms with van der Waals surface area (Å²) in [5.41, 5.74) is 4.41. The van der Waals surface area contributed by atoms with Crippen molar-refractivity contribution in [1.82, 2.24) is 14.5 Å². The Morgan fingerprint density at radius 1 is 1.11 bits per heavy atom. The Morgan fingerprint density at radius 2 is 1.83 bits per heavy atom. The molecule has 0 atom stereocenters. The Bertz CT molecular complexity index is 1520. The van der Waals surface area contributed by atoms with Crippen LogP contribution < -0.4 is 0 Å². The normalized spacial score (nSPS) is 16.5. The summed E-state index contributed by atoms with van der Waals surface area (Å²) < 4.78 is 2.16. The van der Waals surface area contributed by atoms with E-state index in [4.69, 9.17) is 4.98 Å². The van der Waals surface area contributed by atoms with E-state index in [9.17, 15) is 14.7 Å². The number of imidazole rings is 1. The van der Waals surface area contributed by atoms with Gasteiger partial charge >= 0.3 is 0 Å². The molecule has 6 rings (SSSR count). The molecule has 1 aliphatic heterocycles. The fraction of sp³-hybridized carbons (Fsp3) is 0.233. The number of carbonyl (C=O) groups excluding carboxylic acids is 2. The zero-order valence-corrected chi connectivity index (χ0v) is 20.1. The lowest BCUT2D eigenvalue weighted by atomic mass is 9.57. The number of aromatic hydroxyl groups is 1. The highest BCUT2D eigenvalue weighted by Crippen LogP contribution is 2.56. The average Bonchev–Trinajstić information content (AvgIpc) is 3.18. The molecule has 6 heteroatoms. The topological polar surface area (TPSA) is 75.4 Å². The molecular weight excluding hydrogens is 450 g/mol. The van der Waals surface area contributed by atoms with E-state index in [0.717, 1.165) is 71.3 Å². The summed E-state index contributed by atoms with van der Waals surface area (Å²) >= 11 is 0. The lowest BCUT2D eigenvalue weighted by Crippen LogP contribution is -2.63. The van der Waals surface area contributed by atoms with Crippen molar-refractivity contribution < 1.29 is 14.7 Å². The number of hydrogen-bond donors (Lipinski definition) is 1. The van der Waals surface area contributed by atoms with Gasteiger partial charge in [0.25, 0.3) is 0 Å². The summed E-state index contributed by atoms with van der Waals surface area (Å²) in [4.78, 5) is 30.2. The lowest BCUT2D eigenvalue weighted by Gasteiger charge is -2.58. The Balaban J connectivity index is 1.44. The van der Waals surface area contributed by atoms with Crippen molar-refractivity contribution in [2.45, 2.75) is 18.8 Å². The molecule has 0 radical (unpaired) electrons. The number of phenolic OH excluding ortho intramolecular Hbond substituents is 1. The number of rotatable bonds is 5. The van der Waals surface area contributed by atoms with Gasteiger partial charge < -0.3 is 14.6 Å². The number of carbonyl (C=O) groups is 2. The van der Waals surface area contributed by atoms with Crippen LogP contribution in [0.4, 0.5) is 0 Å². The van der Waals surface area contributed by atoms with Gasteiger partial charge in [0.05, 0.1) is 11.4 Å². The lowest BCUT2D eigenvalue weighted by molar-refractivity contribution is -0.146. The van der Waals surface area contributed by atoms with E-state index in [1.807, 2.05) is 42.3 Å². The van der Waals surface area contributed by atoms with Crippen LogP contribution in [0.25, 0.3) is 33.3 Å². The molecule has 1 aliphatic carbocycles. The fourth-order valence-corrected chi connectivity index (χ4v) is 6.08. The van der Waals surface area contributed by atoms with Crippen molar-refractivity contribution >= 4 is 23.0 Å². The van der Waals surface area contributed by atoms with Gasteiger partial charge in [-0.05, 0) is 41.8 Å². The number of likely N-dealkylation sites (tertiary alicyclic amines) is 1. The molecule has 2 aliphatic rings. The smallest absolute Gasteiger partial charge is 0.245 e. The molecule has 2 heterocycles. The number of nitrogens with zero attached hydrogens (tertiary/aromatic N) is 3. The molecule has 1 saturated carbocycles. The highest BCUT2D eigenvalue weighted by molar-refractivity contribution is 6.00. The third-order valence-electron chi connectivity index (χ3n) is 7.81. The Kier molecular flexibility index (Phi) is 5.07. The first kappa shape index (κ1) is 22.3. The van der Waals surface area contributed by atoms with Crippen molar-refractivity contribution in [3.8, 4) is 28.3 Å². The summed E-state index contributed by atoms with van der Waals surface area (Å²) in [7, 11) is 2.04. The molecule has 4 aromatic rings. The third kappa shape index (κ3) is 3.44. The Labute approximate surface area is 209 Å². The molecule has 1 amide bonds. The van der Waals surface area contributed by atoms with Crippen molar-refractivity contribution in [1.29, 1.82) is 0 Å². The maximum absolute atomic E-state index is 11.9. The van der Waals surface area contributed by atoms with Crippen molar-refractivity contribution in [2.24, 2.45) is 12.5 Å². The van der Waals surface area contributed by atoms with E-state index >= 15 is 0 Å². The van der Waals surface area contributed by atoms with E-state index in [2.05, 4.69) is 17.2 Å². The largest absolute Gasteiger partial charge is 0.508 e. The molecule has 1 spiro atoms. The molecule has 180 valence electrons. The zero-order chi connectivity index (χ0) is 25.0. The number of phenols is 1. The van der Waals surface area contributed by atoms with Crippen LogP contribution in [-0.4, -0.2) is 44.8 Å². The van der Waals surface area contributed by atoms with Gasteiger partial charge in [0, 0.05) is 48.2 Å². The Hall–Kier alpha value is -4.19. The van der Waals surface area contributed by atoms with E-state index in [0.29, 0.717) is 11.5 Å². The second kappa shape index (κ2) is 8.19. The monoisotopic (exact) mass is 477 g/mol. The molecular formula is C30H27N3O3. The minimum absolute atomic E-state index is 0.000161. The van der Waals surface area contributed by atoms with Gasteiger partial charge in [-0.2, -0.15) is 0 Å². The first-order valence-electron chi connectivity index (χ1n) is 12.2. The first-order chi connectivity index (χ1) is 17.4. The van der Waals surface area contributed by atoms with Gasteiger partial charge in [0.15, 0.2) is 0 Å². The maximum Gasteiger partial charge on any atom is 0.245 e. The second-order valence-corrected chi connectivity index (χ2v) is 10.2. The quantitative estimate of drug-likeness (QED) is 0.312. The van der Waals surface area contributed by atoms with E-state index in [1.54, 1.807) is 24.3 Å². The van der Waals surface area contributed by atoms with E-state index < -0.39 is 0 Å². The number of amides is 1. The van der Waals surface area contributed by atoms with Crippen LogP contribution >= 0.6 is 0 Å². The van der Waals surface area contributed by atoms with Gasteiger partial charge in [0.1, 0.15) is 17.9 Å². The van der Waals surface area contributed by atoms with Gasteiger partial charge in [-0.1, -0.05) is 55.1 Å². The number of hydrogen-bond acceptors (Lipinski definition) is 4. The van der Waals surface area contributed by atoms with Crippen LogP contribution in [0.3, 0.4) is 0 Å². The average molecular weight is 478 g/mol. The predicted octanol–water partition coefficient (Wildman–Crippen LogP) is 5.32. The highest BCUT2D eigenvalue weighted by atomic mass is 16.3. The Morgan fingerprint density at radius 3 is 2.53 bits per heavy atom. The van der Waals surface area contributed by atoms with Crippen LogP contribution in [0.5, 0.6) is 5.75 Å². The van der Waals surface area contributed by atoms with Crippen molar-refractivity contribution in [3.05, 3.63) is 84.7 Å². The maximum atomic E-state index is 11.9. The van der Waals surface area contributed by atoms with Crippen molar-refractivity contribution in [3.63, 3.8) is 0 Å². The molecule has 1 N–H and O–H groups in total. The van der Waals surface area contributed by atoms with Gasteiger partial charge in [-0.25, -0.2) is 4.98 Å². The summed E-state index contributed by atoms with van der Waals surface area (Å²) in [5, 5.41) is 12.6. The third-order valence-corrected chi connectivity index (χ3v) is 7.81. The molecule has 3 aromatic carbocycles. The molecule has 2 fully saturated rings. The van der Waals surface area contributed by atoms with Crippen LogP contribution in [0, 0.1) is 5.41 Å². The number of fused-ring (bicyclic) bond motifs is 1. The van der Waals surface area contributed by atoms with Crippen LogP contribution in [0.15, 0.2) is 73.3 Å². The molecule has 1 saturated heterocycles. The number of aromatic nitrogens is 2. The minimum Gasteiger partial charge on any atom is -0.508 e. The minimum atomic E-state index is 0.000161. The predicted molar refractivity (Wildman–Crippen MR) is 140 cm³/mol. The van der Waals surface area contributed by atoms with Gasteiger partial charge in [0.2, 0.25) is 5.91 Å². The molecule has 1 aromatic heterocycles. The van der Waals surface area contributed by atoms with Crippen LogP contribution in [0.2, 0.25) is 0 Å². The summed E-state index contributed by atoms with van der Waals surface area (Å²) in [6.45, 7) is 5.16. The van der Waals surface area contributed by atoms with Gasteiger partial charge in [-0.3, -0.25) is 9.59 Å². The first-order valence-corrected chi connectivity index (χ1v) is 12.2. The SMILES string of the molecule is C=CC(=O)N1CC2(CC(c3nc(-c4ccc(C=O)cc4)c(-c4cc(O)cc5ccccc45)n3C)C2)C1. The number of aldehydes is 1. The second-order valence-electron chi connectivity index (χ2n) is 10.2. The highest BCUT2D eigenvalue weighted by Gasteiger charge is 2.54.